The molecule has 0 bridgehead atoms. The van der Waals surface area contributed by atoms with Crippen LogP contribution in [0.4, 0.5) is 0 Å². The molecule has 0 unspecified atom stereocenters. The molecule has 3 nitrogen and oxygen atoms in total. The van der Waals surface area contributed by atoms with Crippen molar-refractivity contribution in [2.45, 2.75) is 25.4 Å². The van der Waals surface area contributed by atoms with Gasteiger partial charge in [0, 0.05) is 5.92 Å². The molecule has 52 valence electrons. The zero-order valence-electron chi connectivity index (χ0n) is 5.21. The van der Waals surface area contributed by atoms with E-state index in [0.29, 0.717) is 6.42 Å². The van der Waals surface area contributed by atoms with Crippen LogP contribution in [-0.2, 0) is 4.79 Å². The van der Waals surface area contributed by atoms with Crippen LogP contribution in [0.1, 0.15) is 19.3 Å². The van der Waals surface area contributed by atoms with Crippen LogP contribution in [0.2, 0.25) is 0 Å². The van der Waals surface area contributed by atoms with Gasteiger partial charge in [0.15, 0.2) is 0 Å². The summed E-state index contributed by atoms with van der Waals surface area (Å²) in [5.41, 5.74) is 5.01. The Hall–Kier alpha value is -0.570. The molecule has 1 aliphatic carbocycles. The molecule has 1 amide bonds. The molecule has 3 heteroatoms. The van der Waals surface area contributed by atoms with Crippen molar-refractivity contribution in [1.29, 1.82) is 0 Å². The topological polar surface area (TPSA) is 63.3 Å². The Morgan fingerprint density at radius 1 is 1.56 bits per heavy atom. The Bertz CT molecular complexity index is 124. The van der Waals surface area contributed by atoms with Gasteiger partial charge in [-0.1, -0.05) is 0 Å². The summed E-state index contributed by atoms with van der Waals surface area (Å²) in [5, 5.41) is 8.94. The molecule has 2 atom stereocenters. The molecule has 1 aliphatic rings. The number of primary amides is 1. The molecule has 0 aromatic rings. The summed E-state index contributed by atoms with van der Waals surface area (Å²) in [6.45, 7) is 0. The van der Waals surface area contributed by atoms with E-state index in [4.69, 9.17) is 10.8 Å². The Balaban J connectivity index is 2.39. The Kier molecular flexibility index (Phi) is 1.71. The van der Waals surface area contributed by atoms with Crippen LogP contribution < -0.4 is 5.73 Å². The minimum absolute atomic E-state index is 0.0694. The van der Waals surface area contributed by atoms with Crippen molar-refractivity contribution < 1.29 is 9.90 Å². The van der Waals surface area contributed by atoms with Crippen LogP contribution in [0.25, 0.3) is 0 Å². The molecule has 0 aromatic carbocycles. The lowest BCUT2D eigenvalue weighted by Crippen LogP contribution is -2.21. The summed E-state index contributed by atoms with van der Waals surface area (Å²) < 4.78 is 0. The Morgan fingerprint density at radius 3 is 2.44 bits per heavy atom. The molecular formula is C6H11NO2. The fourth-order valence-electron chi connectivity index (χ4n) is 1.22. The molecule has 0 aromatic heterocycles. The average Bonchev–Trinajstić information content (AvgIpc) is 2.14. The zero-order chi connectivity index (χ0) is 6.85. The fourth-order valence-corrected chi connectivity index (χ4v) is 1.22. The second-order valence-corrected chi connectivity index (χ2v) is 2.57. The standard InChI is InChI=1S/C6H11NO2/c7-6(9)4-1-2-5(8)3-4/h4-5,8H,1-3H2,(H2,7,9)/t4-,5-/m0/s1. The van der Waals surface area contributed by atoms with Crippen molar-refractivity contribution in [1.82, 2.24) is 0 Å². The highest BCUT2D eigenvalue weighted by Crippen LogP contribution is 2.24. The summed E-state index contributed by atoms with van der Waals surface area (Å²) in [5.74, 6) is -0.341. The summed E-state index contributed by atoms with van der Waals surface area (Å²) in [4.78, 5) is 10.5. The van der Waals surface area contributed by atoms with Crippen molar-refractivity contribution in [2.24, 2.45) is 11.7 Å². The van der Waals surface area contributed by atoms with E-state index in [1.165, 1.54) is 0 Å². The van der Waals surface area contributed by atoms with Gasteiger partial charge in [0.1, 0.15) is 0 Å². The van der Waals surface area contributed by atoms with Gasteiger partial charge in [-0.25, -0.2) is 0 Å². The normalized spacial score (nSPS) is 34.8. The van der Waals surface area contributed by atoms with Crippen molar-refractivity contribution in [3.05, 3.63) is 0 Å². The fraction of sp³-hybridized carbons (Fsp3) is 0.833. The second kappa shape index (κ2) is 2.35. The molecule has 0 aliphatic heterocycles. The monoisotopic (exact) mass is 129 g/mol. The van der Waals surface area contributed by atoms with E-state index < -0.39 is 0 Å². The van der Waals surface area contributed by atoms with E-state index >= 15 is 0 Å². The minimum Gasteiger partial charge on any atom is -0.393 e. The van der Waals surface area contributed by atoms with Gasteiger partial charge in [0.25, 0.3) is 0 Å². The van der Waals surface area contributed by atoms with Gasteiger partial charge < -0.3 is 10.8 Å². The molecule has 1 rings (SSSR count). The van der Waals surface area contributed by atoms with Gasteiger partial charge in [-0.05, 0) is 19.3 Å². The zero-order valence-corrected chi connectivity index (χ0v) is 5.21. The van der Waals surface area contributed by atoms with E-state index in [-0.39, 0.29) is 17.9 Å². The van der Waals surface area contributed by atoms with E-state index in [1.54, 1.807) is 0 Å². The number of carbonyl (C=O) groups is 1. The molecule has 0 spiro atoms. The van der Waals surface area contributed by atoms with Crippen LogP contribution in [0.5, 0.6) is 0 Å². The van der Waals surface area contributed by atoms with Crippen molar-refractivity contribution in [2.75, 3.05) is 0 Å². The number of hydrogen-bond acceptors (Lipinski definition) is 2. The number of rotatable bonds is 1. The van der Waals surface area contributed by atoms with Crippen LogP contribution in [0.15, 0.2) is 0 Å². The SMILES string of the molecule is NC(=O)[C@H]1CC[C@H](O)C1. The summed E-state index contributed by atoms with van der Waals surface area (Å²) in [6.07, 6.45) is 1.77. The van der Waals surface area contributed by atoms with Crippen molar-refractivity contribution in [3.8, 4) is 0 Å². The maximum absolute atomic E-state index is 10.5. The number of nitrogens with two attached hydrogens (primary N) is 1. The first kappa shape index (κ1) is 6.55. The van der Waals surface area contributed by atoms with E-state index in [1.807, 2.05) is 0 Å². The summed E-state index contributed by atoms with van der Waals surface area (Å²) in [6, 6.07) is 0. The smallest absolute Gasteiger partial charge is 0.220 e. The first-order valence-electron chi connectivity index (χ1n) is 3.17. The van der Waals surface area contributed by atoms with E-state index in [2.05, 4.69) is 0 Å². The molecule has 1 saturated carbocycles. The molecule has 1 fully saturated rings. The number of amides is 1. The Labute approximate surface area is 53.9 Å². The second-order valence-electron chi connectivity index (χ2n) is 2.57. The molecule has 0 saturated heterocycles. The number of aliphatic hydroxyl groups excluding tert-OH is 1. The lowest BCUT2D eigenvalue weighted by molar-refractivity contribution is -0.121. The quantitative estimate of drug-likeness (QED) is 0.507. The van der Waals surface area contributed by atoms with Crippen LogP contribution >= 0.6 is 0 Å². The maximum Gasteiger partial charge on any atom is 0.220 e. The number of hydrogen-bond donors (Lipinski definition) is 2. The number of carbonyl (C=O) groups excluding carboxylic acids is 1. The average molecular weight is 129 g/mol. The van der Waals surface area contributed by atoms with Crippen molar-refractivity contribution >= 4 is 5.91 Å². The lowest BCUT2D eigenvalue weighted by Gasteiger charge is -2.00. The third kappa shape index (κ3) is 1.42. The van der Waals surface area contributed by atoms with Gasteiger partial charge in [0.05, 0.1) is 6.10 Å². The first-order valence-corrected chi connectivity index (χ1v) is 3.17. The highest BCUT2D eigenvalue weighted by molar-refractivity contribution is 5.76. The number of aliphatic hydroxyl groups is 1. The molecule has 0 heterocycles. The summed E-state index contributed by atoms with van der Waals surface area (Å²) in [7, 11) is 0. The third-order valence-corrected chi connectivity index (χ3v) is 1.81. The first-order chi connectivity index (χ1) is 4.20. The summed E-state index contributed by atoms with van der Waals surface area (Å²) >= 11 is 0. The maximum atomic E-state index is 10.5. The van der Waals surface area contributed by atoms with E-state index in [0.717, 1.165) is 12.8 Å². The van der Waals surface area contributed by atoms with Gasteiger partial charge in [-0.15, -0.1) is 0 Å². The Morgan fingerprint density at radius 2 is 2.22 bits per heavy atom. The van der Waals surface area contributed by atoms with Crippen LogP contribution in [0, 0.1) is 5.92 Å². The third-order valence-electron chi connectivity index (χ3n) is 1.81. The van der Waals surface area contributed by atoms with Gasteiger partial charge in [-0.2, -0.15) is 0 Å². The predicted octanol–water partition coefficient (Wildman–Crippen LogP) is -0.367. The predicted molar refractivity (Wildman–Crippen MR) is 32.5 cm³/mol. The van der Waals surface area contributed by atoms with Gasteiger partial charge in [0.2, 0.25) is 5.91 Å². The van der Waals surface area contributed by atoms with Crippen molar-refractivity contribution in [3.63, 3.8) is 0 Å². The molecule has 0 radical (unpaired) electrons. The molecular weight excluding hydrogens is 118 g/mol. The highest BCUT2D eigenvalue weighted by Gasteiger charge is 2.26. The van der Waals surface area contributed by atoms with Crippen LogP contribution in [-0.4, -0.2) is 17.1 Å². The highest BCUT2D eigenvalue weighted by atomic mass is 16.3. The van der Waals surface area contributed by atoms with Gasteiger partial charge >= 0.3 is 0 Å². The van der Waals surface area contributed by atoms with Crippen LogP contribution in [0.3, 0.4) is 0 Å². The lowest BCUT2D eigenvalue weighted by atomic mass is 10.1. The van der Waals surface area contributed by atoms with E-state index in [9.17, 15) is 4.79 Å². The van der Waals surface area contributed by atoms with Gasteiger partial charge in [-0.3, -0.25) is 4.79 Å². The largest absolute Gasteiger partial charge is 0.393 e. The minimum atomic E-state index is -0.289. The molecule has 3 N–H and O–H groups in total. The molecule has 9 heavy (non-hydrogen) atoms.